The lowest BCUT2D eigenvalue weighted by Crippen LogP contribution is -1.85. The van der Waals surface area contributed by atoms with Crippen molar-refractivity contribution in [1.82, 2.24) is 9.97 Å². The molecule has 1 aromatic carbocycles. The lowest BCUT2D eigenvalue weighted by Gasteiger charge is -1.99. The molecule has 0 atom stereocenters. The van der Waals surface area contributed by atoms with Crippen LogP contribution in [0.3, 0.4) is 0 Å². The van der Waals surface area contributed by atoms with Crippen molar-refractivity contribution in [3.05, 3.63) is 36.3 Å². The van der Waals surface area contributed by atoms with E-state index in [0.29, 0.717) is 5.88 Å². The minimum atomic E-state index is 0.505. The molecule has 0 aliphatic rings. The van der Waals surface area contributed by atoms with E-state index in [-0.39, 0.29) is 0 Å². The summed E-state index contributed by atoms with van der Waals surface area (Å²) in [5.41, 5.74) is 2.03. The molecule has 0 amide bonds. The summed E-state index contributed by atoms with van der Waals surface area (Å²) >= 11 is 5.75. The highest BCUT2D eigenvalue weighted by molar-refractivity contribution is 6.17. The van der Waals surface area contributed by atoms with Crippen LogP contribution in [-0.4, -0.2) is 9.97 Å². The number of aromatic nitrogens is 2. The second-order valence-electron chi connectivity index (χ2n) is 2.51. The highest BCUT2D eigenvalue weighted by Gasteiger charge is 1.98. The number of hydrogen-bond donors (Lipinski definition) is 0. The largest absolute Gasteiger partial charge is 0.244 e. The fraction of sp³-hybridized carbons (Fsp3) is 0.111. The van der Waals surface area contributed by atoms with Gasteiger partial charge < -0.3 is 0 Å². The topological polar surface area (TPSA) is 25.8 Å². The average Bonchev–Trinajstić information content (AvgIpc) is 2.17. The Labute approximate surface area is 75.2 Å². The molecule has 2 rings (SSSR count). The molecule has 60 valence electrons. The van der Waals surface area contributed by atoms with Gasteiger partial charge in [-0.3, -0.25) is 0 Å². The van der Waals surface area contributed by atoms with Crippen LogP contribution in [0.4, 0.5) is 0 Å². The Morgan fingerprint density at radius 1 is 1.33 bits per heavy atom. The predicted octanol–water partition coefficient (Wildman–Crippen LogP) is 2.37. The molecule has 0 saturated carbocycles. The van der Waals surface area contributed by atoms with Gasteiger partial charge in [0.1, 0.15) is 6.33 Å². The van der Waals surface area contributed by atoms with Gasteiger partial charge >= 0.3 is 0 Å². The maximum absolute atomic E-state index is 5.75. The molecule has 1 aromatic heterocycles. The molecule has 2 nitrogen and oxygen atoms in total. The van der Waals surface area contributed by atoms with Gasteiger partial charge in [0.05, 0.1) is 5.52 Å². The van der Waals surface area contributed by atoms with Gasteiger partial charge in [0.15, 0.2) is 0 Å². The minimum Gasteiger partial charge on any atom is -0.244 e. The summed E-state index contributed by atoms with van der Waals surface area (Å²) in [4.78, 5) is 8.07. The van der Waals surface area contributed by atoms with Gasteiger partial charge in [-0.05, 0) is 11.6 Å². The van der Waals surface area contributed by atoms with Gasteiger partial charge in [0.25, 0.3) is 0 Å². The molecule has 1 heterocycles. The zero-order chi connectivity index (χ0) is 8.39. The molecule has 0 aliphatic carbocycles. The van der Waals surface area contributed by atoms with Crippen LogP contribution < -0.4 is 0 Å². The molecule has 3 heteroatoms. The van der Waals surface area contributed by atoms with E-state index in [9.17, 15) is 0 Å². The van der Waals surface area contributed by atoms with Crippen LogP contribution in [0.5, 0.6) is 0 Å². The Morgan fingerprint density at radius 2 is 2.25 bits per heavy atom. The molecule has 12 heavy (non-hydrogen) atoms. The number of rotatable bonds is 1. The summed E-state index contributed by atoms with van der Waals surface area (Å²) in [6.07, 6.45) is 3.33. The van der Waals surface area contributed by atoms with Gasteiger partial charge in [0, 0.05) is 17.5 Å². The number of hydrogen-bond acceptors (Lipinski definition) is 2. The first-order chi connectivity index (χ1) is 5.92. The summed E-state index contributed by atoms with van der Waals surface area (Å²) in [5, 5.41) is 1.04. The van der Waals surface area contributed by atoms with E-state index in [1.807, 2.05) is 18.2 Å². The fourth-order valence-electron chi connectivity index (χ4n) is 1.18. The van der Waals surface area contributed by atoms with Crippen molar-refractivity contribution in [2.24, 2.45) is 0 Å². The lowest BCUT2D eigenvalue weighted by molar-refractivity contribution is 1.21. The number of fused-ring (bicyclic) bond motifs is 1. The first kappa shape index (κ1) is 7.50. The first-order valence-corrected chi connectivity index (χ1v) is 4.19. The summed E-state index contributed by atoms with van der Waals surface area (Å²) in [5.74, 6) is 0.505. The molecule has 0 spiro atoms. The molecule has 0 radical (unpaired) electrons. The molecule has 0 unspecified atom stereocenters. The lowest BCUT2D eigenvalue weighted by atomic mass is 10.1. The summed E-state index contributed by atoms with van der Waals surface area (Å²) in [6, 6.07) is 5.89. The SMILES string of the molecule is ClCc1cccc2ncncc12. The van der Waals surface area contributed by atoms with E-state index in [2.05, 4.69) is 9.97 Å². The minimum absolute atomic E-state index is 0.505. The summed E-state index contributed by atoms with van der Waals surface area (Å²) < 4.78 is 0. The molecule has 0 N–H and O–H groups in total. The van der Waals surface area contributed by atoms with Crippen molar-refractivity contribution in [3.63, 3.8) is 0 Å². The summed E-state index contributed by atoms with van der Waals surface area (Å²) in [6.45, 7) is 0. The second kappa shape index (κ2) is 3.07. The maximum Gasteiger partial charge on any atom is 0.116 e. The number of halogens is 1. The molecular weight excluding hydrogens is 172 g/mol. The standard InChI is InChI=1S/C9H7ClN2/c10-4-7-2-1-3-9-8(7)5-11-6-12-9/h1-3,5-6H,4H2. The quantitative estimate of drug-likeness (QED) is 0.627. The van der Waals surface area contributed by atoms with E-state index >= 15 is 0 Å². The zero-order valence-electron chi connectivity index (χ0n) is 6.37. The van der Waals surface area contributed by atoms with Crippen LogP contribution in [0.25, 0.3) is 10.9 Å². The smallest absolute Gasteiger partial charge is 0.116 e. The third-order valence-corrected chi connectivity index (χ3v) is 2.07. The Morgan fingerprint density at radius 3 is 3.08 bits per heavy atom. The normalized spacial score (nSPS) is 10.4. The molecule has 0 saturated heterocycles. The first-order valence-electron chi connectivity index (χ1n) is 3.65. The van der Waals surface area contributed by atoms with E-state index in [1.165, 1.54) is 0 Å². The highest BCUT2D eigenvalue weighted by Crippen LogP contribution is 2.16. The highest BCUT2D eigenvalue weighted by atomic mass is 35.5. The van der Waals surface area contributed by atoms with Crippen molar-refractivity contribution in [3.8, 4) is 0 Å². The van der Waals surface area contributed by atoms with Gasteiger partial charge in [-0.25, -0.2) is 9.97 Å². The average molecular weight is 179 g/mol. The van der Waals surface area contributed by atoms with Crippen molar-refractivity contribution in [1.29, 1.82) is 0 Å². The fourth-order valence-corrected chi connectivity index (χ4v) is 1.41. The van der Waals surface area contributed by atoms with Crippen LogP contribution in [0.1, 0.15) is 5.56 Å². The Hall–Kier alpha value is -1.15. The third-order valence-electron chi connectivity index (χ3n) is 1.78. The summed E-state index contributed by atoms with van der Waals surface area (Å²) in [7, 11) is 0. The van der Waals surface area contributed by atoms with Crippen LogP contribution >= 0.6 is 11.6 Å². The Balaban J connectivity index is 2.79. The van der Waals surface area contributed by atoms with E-state index in [4.69, 9.17) is 11.6 Å². The molecule has 0 aliphatic heterocycles. The van der Waals surface area contributed by atoms with E-state index in [0.717, 1.165) is 16.5 Å². The molecular formula is C9H7ClN2. The Kier molecular flexibility index (Phi) is 1.92. The number of benzene rings is 1. The van der Waals surface area contributed by atoms with Gasteiger partial charge in [0.2, 0.25) is 0 Å². The van der Waals surface area contributed by atoms with Gasteiger partial charge in [-0.15, -0.1) is 11.6 Å². The van der Waals surface area contributed by atoms with E-state index in [1.54, 1.807) is 12.5 Å². The van der Waals surface area contributed by atoms with Gasteiger partial charge in [-0.1, -0.05) is 12.1 Å². The monoisotopic (exact) mass is 178 g/mol. The van der Waals surface area contributed by atoms with Crippen molar-refractivity contribution >= 4 is 22.5 Å². The van der Waals surface area contributed by atoms with Crippen LogP contribution in [-0.2, 0) is 5.88 Å². The molecule has 2 aromatic rings. The van der Waals surface area contributed by atoms with Crippen LogP contribution in [0.2, 0.25) is 0 Å². The predicted molar refractivity (Wildman–Crippen MR) is 49.1 cm³/mol. The van der Waals surface area contributed by atoms with Gasteiger partial charge in [-0.2, -0.15) is 0 Å². The Bertz CT molecular complexity index is 395. The van der Waals surface area contributed by atoms with Crippen LogP contribution in [0.15, 0.2) is 30.7 Å². The number of nitrogens with zero attached hydrogens (tertiary/aromatic N) is 2. The van der Waals surface area contributed by atoms with Crippen molar-refractivity contribution in [2.75, 3.05) is 0 Å². The second-order valence-corrected chi connectivity index (χ2v) is 2.77. The third kappa shape index (κ3) is 1.14. The van der Waals surface area contributed by atoms with E-state index < -0.39 is 0 Å². The molecule has 0 fully saturated rings. The van der Waals surface area contributed by atoms with Crippen LogP contribution in [0, 0.1) is 0 Å². The van der Waals surface area contributed by atoms with Crippen molar-refractivity contribution < 1.29 is 0 Å². The maximum atomic E-state index is 5.75. The number of alkyl halides is 1. The van der Waals surface area contributed by atoms with Crippen molar-refractivity contribution in [2.45, 2.75) is 5.88 Å². The zero-order valence-corrected chi connectivity index (χ0v) is 7.12. The molecule has 0 bridgehead atoms.